The summed E-state index contributed by atoms with van der Waals surface area (Å²) in [5.41, 5.74) is 1.75. The number of carbonyl (C=O) groups is 2. The van der Waals surface area contributed by atoms with Crippen LogP contribution in [0.5, 0.6) is 0 Å². The van der Waals surface area contributed by atoms with E-state index in [1.165, 1.54) is 11.8 Å². The third-order valence-corrected chi connectivity index (χ3v) is 4.68. The average molecular weight is 430 g/mol. The lowest BCUT2D eigenvalue weighted by atomic mass is 10.0. The zero-order valence-electron chi connectivity index (χ0n) is 15.4. The molecular weight excluding hydrogens is 406 g/mol. The van der Waals surface area contributed by atoms with Crippen molar-refractivity contribution in [3.05, 3.63) is 82.0 Å². The summed E-state index contributed by atoms with van der Waals surface area (Å²) < 4.78 is 5.69. The first-order valence-electron chi connectivity index (χ1n) is 9.07. The molecule has 2 aromatic rings. The van der Waals surface area contributed by atoms with Crippen LogP contribution >= 0.6 is 15.9 Å². The molecule has 0 amide bonds. The molecule has 0 aliphatic heterocycles. The topological polar surface area (TPSA) is 55.4 Å². The first-order chi connectivity index (χ1) is 13.1. The van der Waals surface area contributed by atoms with Gasteiger partial charge in [0.05, 0.1) is 6.61 Å². The lowest BCUT2D eigenvalue weighted by Gasteiger charge is -2.09. The Labute approximate surface area is 168 Å². The van der Waals surface area contributed by atoms with E-state index in [0.717, 1.165) is 19.3 Å². The van der Waals surface area contributed by atoms with Crippen molar-refractivity contribution in [2.75, 3.05) is 13.2 Å². The normalized spacial score (nSPS) is 11.1. The lowest BCUT2D eigenvalue weighted by Crippen LogP contribution is -2.20. The molecule has 0 bridgehead atoms. The fourth-order valence-corrected chi connectivity index (χ4v) is 3.06. The van der Waals surface area contributed by atoms with Crippen LogP contribution in [0.2, 0.25) is 0 Å². The van der Waals surface area contributed by atoms with Crippen molar-refractivity contribution in [2.24, 2.45) is 0 Å². The molecule has 0 saturated heterocycles. The molecule has 0 unspecified atom stereocenters. The van der Waals surface area contributed by atoms with E-state index in [-0.39, 0.29) is 18.0 Å². The number of esters is 1. The third kappa shape index (κ3) is 6.68. The van der Waals surface area contributed by atoms with Crippen LogP contribution in [0.15, 0.2) is 70.8 Å². The summed E-state index contributed by atoms with van der Waals surface area (Å²) in [6, 6.07) is 17.3. The van der Waals surface area contributed by atoms with Crippen molar-refractivity contribution in [1.82, 2.24) is 5.32 Å². The predicted octanol–water partition coefficient (Wildman–Crippen LogP) is 4.69. The van der Waals surface area contributed by atoms with Crippen molar-refractivity contribution in [1.29, 1.82) is 0 Å². The van der Waals surface area contributed by atoms with E-state index >= 15 is 0 Å². The van der Waals surface area contributed by atoms with Crippen LogP contribution in [0.4, 0.5) is 0 Å². The number of Topliss-reactive ketones (excluding diaryl/α,β-unsaturated/α-hetero) is 1. The third-order valence-electron chi connectivity index (χ3n) is 3.98. The maximum absolute atomic E-state index is 12.7. The minimum atomic E-state index is -0.616. The average Bonchev–Trinajstić information content (AvgIpc) is 2.68. The molecule has 0 spiro atoms. The molecule has 0 aromatic heterocycles. The largest absolute Gasteiger partial charge is 0.462 e. The number of unbranched alkanes of at least 4 members (excludes halogenated alkanes) is 1. The Kier molecular flexibility index (Phi) is 8.78. The number of aryl methyl sites for hydroxylation is 1. The molecule has 4 nitrogen and oxygen atoms in total. The maximum atomic E-state index is 12.7. The second-order valence-corrected chi connectivity index (χ2v) is 6.84. The molecule has 0 aliphatic rings. The van der Waals surface area contributed by atoms with E-state index in [9.17, 15) is 9.59 Å². The Morgan fingerprint density at radius 1 is 1.04 bits per heavy atom. The van der Waals surface area contributed by atoms with Crippen LogP contribution in [-0.4, -0.2) is 24.9 Å². The van der Waals surface area contributed by atoms with Crippen molar-refractivity contribution in [3.63, 3.8) is 0 Å². The van der Waals surface area contributed by atoms with Gasteiger partial charge in [0.15, 0.2) is 0 Å². The second-order valence-electron chi connectivity index (χ2n) is 5.98. The van der Waals surface area contributed by atoms with Crippen LogP contribution in [0.1, 0.15) is 35.7 Å². The van der Waals surface area contributed by atoms with Crippen LogP contribution in [0.25, 0.3) is 0 Å². The highest BCUT2D eigenvalue weighted by atomic mass is 79.9. The lowest BCUT2D eigenvalue weighted by molar-refractivity contribution is -0.138. The standard InChI is InChI=1S/C22H24BrNO3/c1-2-27-22(26)19(21(25)18-13-6-7-14-20(18)23)16-24-15-9-8-12-17-10-4-3-5-11-17/h3-7,10-11,13-14,16,24H,2,8-9,12,15H2,1H3. The second kappa shape index (κ2) is 11.3. The number of rotatable bonds is 10. The number of nitrogens with one attached hydrogen (secondary N) is 1. The number of ketones is 1. The molecular formula is C22H24BrNO3. The molecule has 0 heterocycles. The van der Waals surface area contributed by atoms with E-state index in [1.54, 1.807) is 25.1 Å². The quantitative estimate of drug-likeness (QED) is 0.148. The summed E-state index contributed by atoms with van der Waals surface area (Å²) in [6.07, 6.45) is 4.44. The van der Waals surface area contributed by atoms with Gasteiger partial charge < -0.3 is 10.1 Å². The van der Waals surface area contributed by atoms with Gasteiger partial charge in [-0.05, 0) is 43.9 Å². The highest BCUT2D eigenvalue weighted by molar-refractivity contribution is 9.10. The van der Waals surface area contributed by atoms with Crippen LogP contribution < -0.4 is 5.32 Å². The SMILES string of the molecule is CCOC(=O)C(=CNCCCCc1ccccc1)C(=O)c1ccccc1Br. The van der Waals surface area contributed by atoms with E-state index in [2.05, 4.69) is 33.4 Å². The Morgan fingerprint density at radius 2 is 1.74 bits per heavy atom. The summed E-state index contributed by atoms with van der Waals surface area (Å²) in [5, 5.41) is 3.08. The van der Waals surface area contributed by atoms with Gasteiger partial charge in [0.25, 0.3) is 0 Å². The number of halogens is 1. The zero-order chi connectivity index (χ0) is 19.5. The summed E-state index contributed by atoms with van der Waals surface area (Å²) in [7, 11) is 0. The molecule has 2 rings (SSSR count). The van der Waals surface area contributed by atoms with E-state index in [0.29, 0.717) is 16.6 Å². The van der Waals surface area contributed by atoms with Gasteiger partial charge in [-0.2, -0.15) is 0 Å². The van der Waals surface area contributed by atoms with Crippen molar-refractivity contribution < 1.29 is 14.3 Å². The molecule has 142 valence electrons. The Morgan fingerprint density at radius 3 is 2.44 bits per heavy atom. The van der Waals surface area contributed by atoms with Crippen LogP contribution in [-0.2, 0) is 16.0 Å². The first kappa shape index (κ1) is 20.9. The molecule has 0 atom stereocenters. The Hall–Kier alpha value is -2.40. The van der Waals surface area contributed by atoms with Gasteiger partial charge in [-0.25, -0.2) is 4.79 Å². The smallest absolute Gasteiger partial charge is 0.343 e. The summed E-state index contributed by atoms with van der Waals surface area (Å²) in [6.45, 7) is 2.62. The zero-order valence-corrected chi connectivity index (χ0v) is 17.0. The molecule has 0 fully saturated rings. The first-order valence-corrected chi connectivity index (χ1v) is 9.86. The molecule has 0 aliphatic carbocycles. The van der Waals surface area contributed by atoms with Crippen LogP contribution in [0, 0.1) is 0 Å². The maximum Gasteiger partial charge on any atom is 0.343 e. The number of carbonyl (C=O) groups excluding carboxylic acids is 2. The van der Waals surface area contributed by atoms with Gasteiger partial charge in [0.1, 0.15) is 5.57 Å². The van der Waals surface area contributed by atoms with E-state index in [4.69, 9.17) is 4.74 Å². The van der Waals surface area contributed by atoms with Crippen LogP contribution in [0.3, 0.4) is 0 Å². The summed E-state index contributed by atoms with van der Waals surface area (Å²) >= 11 is 3.36. The van der Waals surface area contributed by atoms with Gasteiger partial charge in [-0.3, -0.25) is 4.79 Å². The fraction of sp³-hybridized carbons (Fsp3) is 0.273. The van der Waals surface area contributed by atoms with Gasteiger partial charge in [0.2, 0.25) is 5.78 Å². The summed E-state index contributed by atoms with van der Waals surface area (Å²) in [5.74, 6) is -0.979. The molecule has 27 heavy (non-hydrogen) atoms. The van der Waals surface area contributed by atoms with Gasteiger partial charge in [-0.1, -0.05) is 58.4 Å². The van der Waals surface area contributed by atoms with Crippen molar-refractivity contribution in [2.45, 2.75) is 26.2 Å². The summed E-state index contributed by atoms with van der Waals surface area (Å²) in [4.78, 5) is 25.0. The van der Waals surface area contributed by atoms with E-state index < -0.39 is 5.97 Å². The van der Waals surface area contributed by atoms with Gasteiger partial charge >= 0.3 is 5.97 Å². The minimum absolute atomic E-state index is 0.00630. The fourth-order valence-electron chi connectivity index (χ4n) is 2.59. The predicted molar refractivity (Wildman–Crippen MR) is 111 cm³/mol. The number of hydrogen-bond donors (Lipinski definition) is 1. The highest BCUT2D eigenvalue weighted by Crippen LogP contribution is 2.20. The van der Waals surface area contributed by atoms with Crippen molar-refractivity contribution >= 4 is 27.7 Å². The highest BCUT2D eigenvalue weighted by Gasteiger charge is 2.22. The number of hydrogen-bond acceptors (Lipinski definition) is 4. The molecule has 2 aromatic carbocycles. The minimum Gasteiger partial charge on any atom is -0.462 e. The Balaban J connectivity index is 1.94. The monoisotopic (exact) mass is 429 g/mol. The number of benzene rings is 2. The number of ether oxygens (including phenoxy) is 1. The molecule has 1 N–H and O–H groups in total. The Bertz CT molecular complexity index is 787. The molecule has 0 radical (unpaired) electrons. The molecule has 0 saturated carbocycles. The van der Waals surface area contributed by atoms with Crippen molar-refractivity contribution in [3.8, 4) is 0 Å². The van der Waals surface area contributed by atoms with E-state index in [1.807, 2.05) is 24.3 Å². The van der Waals surface area contributed by atoms with Gasteiger partial charge in [0, 0.05) is 22.8 Å². The van der Waals surface area contributed by atoms with Gasteiger partial charge in [-0.15, -0.1) is 0 Å². The molecule has 5 heteroatoms.